The van der Waals surface area contributed by atoms with E-state index >= 15 is 0 Å². The van der Waals surface area contributed by atoms with Crippen LogP contribution in [0, 0.1) is 0 Å². The molecule has 5 heteroatoms. The highest BCUT2D eigenvalue weighted by Gasteiger charge is 2.25. The van der Waals surface area contributed by atoms with Crippen molar-refractivity contribution in [2.75, 3.05) is 0 Å². The average molecular weight is 357 g/mol. The first kappa shape index (κ1) is 17.2. The molecule has 0 saturated carbocycles. The molecule has 0 bridgehead atoms. The molecule has 25 heavy (non-hydrogen) atoms. The Labute approximate surface area is 150 Å². The second kappa shape index (κ2) is 7.11. The number of halogens is 1. The Bertz CT molecular complexity index is 898. The largest absolute Gasteiger partial charge is 0.422 e. The number of esters is 2. The quantitative estimate of drug-likeness (QED) is 0.458. The molecular formula is C20H17ClO4. The molecule has 1 aliphatic carbocycles. The van der Waals surface area contributed by atoms with Crippen LogP contribution in [-0.4, -0.2) is 11.9 Å². The number of hydrogen-bond acceptors (Lipinski definition) is 4. The maximum Gasteiger partial charge on any atom is 0.335 e. The Morgan fingerprint density at radius 1 is 0.920 bits per heavy atom. The van der Waals surface area contributed by atoms with E-state index in [1.54, 1.807) is 18.2 Å². The Kier molecular flexibility index (Phi) is 4.91. The molecule has 2 aromatic carbocycles. The lowest BCUT2D eigenvalue weighted by atomic mass is 9.87. The third-order valence-electron chi connectivity index (χ3n) is 4.23. The third-order valence-corrected chi connectivity index (χ3v) is 4.46. The Morgan fingerprint density at radius 2 is 1.44 bits per heavy atom. The fourth-order valence-electron chi connectivity index (χ4n) is 3.15. The smallest absolute Gasteiger partial charge is 0.335 e. The zero-order valence-electron chi connectivity index (χ0n) is 13.6. The lowest BCUT2D eigenvalue weighted by molar-refractivity contribution is -0.130. The predicted molar refractivity (Wildman–Crippen MR) is 97.3 cm³/mol. The minimum absolute atomic E-state index is 0.468. The number of carbonyl (C=O) groups is 2. The molecule has 2 aromatic rings. The number of ether oxygens (including phenoxy) is 2. The molecule has 0 atom stereocenters. The summed E-state index contributed by atoms with van der Waals surface area (Å²) in [5.41, 5.74) is 1.77. The van der Waals surface area contributed by atoms with E-state index in [1.807, 2.05) is 0 Å². The van der Waals surface area contributed by atoms with Crippen molar-refractivity contribution in [1.82, 2.24) is 0 Å². The number of carbonyl (C=O) groups excluding carboxylic acids is 2. The molecule has 0 heterocycles. The normalized spacial score (nSPS) is 13.0. The number of benzene rings is 2. The van der Waals surface area contributed by atoms with Crippen molar-refractivity contribution in [1.29, 1.82) is 0 Å². The van der Waals surface area contributed by atoms with Gasteiger partial charge in [-0.05, 0) is 43.9 Å². The molecule has 0 aliphatic heterocycles. The maximum absolute atomic E-state index is 11.8. The van der Waals surface area contributed by atoms with Gasteiger partial charge in [0.05, 0.1) is 0 Å². The van der Waals surface area contributed by atoms with Crippen LogP contribution < -0.4 is 9.47 Å². The van der Waals surface area contributed by atoms with Gasteiger partial charge >= 0.3 is 11.9 Å². The van der Waals surface area contributed by atoms with Crippen LogP contribution >= 0.6 is 11.6 Å². The van der Waals surface area contributed by atoms with Gasteiger partial charge in [-0.25, -0.2) is 9.59 Å². The van der Waals surface area contributed by atoms with Crippen LogP contribution in [0.4, 0.5) is 0 Å². The lowest BCUT2D eigenvalue weighted by Crippen LogP contribution is -2.14. The molecule has 0 radical (unpaired) electrons. The standard InChI is InChI=1S/C20H17ClO4/c1-3-17(22)24-19-13-7-5-6-8-14(13)20(25-18(23)4-2)16-11-12(21)9-10-15(16)19/h3-4,9-11H,1-2,5-8H2. The molecule has 0 aromatic heterocycles. The topological polar surface area (TPSA) is 52.6 Å². The fraction of sp³-hybridized carbons (Fsp3) is 0.200. The van der Waals surface area contributed by atoms with Crippen molar-refractivity contribution < 1.29 is 19.1 Å². The van der Waals surface area contributed by atoms with Crippen LogP contribution in [0.5, 0.6) is 11.5 Å². The van der Waals surface area contributed by atoms with Crippen LogP contribution in [0.1, 0.15) is 24.0 Å². The van der Waals surface area contributed by atoms with Crippen molar-refractivity contribution in [2.45, 2.75) is 25.7 Å². The van der Waals surface area contributed by atoms with Crippen LogP contribution in [-0.2, 0) is 22.4 Å². The van der Waals surface area contributed by atoms with E-state index in [1.165, 1.54) is 0 Å². The number of rotatable bonds is 4. The van der Waals surface area contributed by atoms with Crippen molar-refractivity contribution in [3.05, 3.63) is 59.7 Å². The summed E-state index contributed by atoms with van der Waals surface area (Å²) in [5.74, 6) is -0.107. The fourth-order valence-corrected chi connectivity index (χ4v) is 3.32. The average Bonchev–Trinajstić information content (AvgIpc) is 2.63. The molecule has 0 unspecified atom stereocenters. The van der Waals surface area contributed by atoms with Gasteiger partial charge in [-0.1, -0.05) is 24.8 Å². The summed E-state index contributed by atoms with van der Waals surface area (Å²) >= 11 is 6.15. The Morgan fingerprint density at radius 3 is 1.96 bits per heavy atom. The van der Waals surface area contributed by atoms with E-state index in [9.17, 15) is 9.59 Å². The maximum atomic E-state index is 11.8. The van der Waals surface area contributed by atoms with Crippen LogP contribution in [0.25, 0.3) is 10.8 Å². The summed E-state index contributed by atoms with van der Waals surface area (Å²) in [7, 11) is 0. The Hall–Kier alpha value is -2.59. The van der Waals surface area contributed by atoms with Gasteiger partial charge in [0.15, 0.2) is 0 Å². The molecule has 3 rings (SSSR count). The lowest BCUT2D eigenvalue weighted by Gasteiger charge is -2.24. The molecule has 0 spiro atoms. The van der Waals surface area contributed by atoms with Gasteiger partial charge in [-0.3, -0.25) is 0 Å². The van der Waals surface area contributed by atoms with Gasteiger partial charge in [-0.2, -0.15) is 0 Å². The summed E-state index contributed by atoms with van der Waals surface area (Å²) in [6.07, 6.45) is 5.66. The minimum atomic E-state index is -0.537. The van der Waals surface area contributed by atoms with E-state index in [4.69, 9.17) is 21.1 Å². The van der Waals surface area contributed by atoms with Gasteiger partial charge < -0.3 is 9.47 Å². The van der Waals surface area contributed by atoms with Crippen LogP contribution in [0.3, 0.4) is 0 Å². The number of hydrogen-bond donors (Lipinski definition) is 0. The van der Waals surface area contributed by atoms with E-state index in [0.717, 1.165) is 49.0 Å². The van der Waals surface area contributed by atoms with E-state index < -0.39 is 11.9 Å². The first-order valence-electron chi connectivity index (χ1n) is 8.00. The highest BCUT2D eigenvalue weighted by atomic mass is 35.5. The predicted octanol–water partition coefficient (Wildman–Crippen LogP) is 4.55. The van der Waals surface area contributed by atoms with Gasteiger partial charge in [0.25, 0.3) is 0 Å². The molecule has 0 fully saturated rings. The van der Waals surface area contributed by atoms with E-state index in [0.29, 0.717) is 27.3 Å². The highest BCUT2D eigenvalue weighted by molar-refractivity contribution is 6.31. The molecular weight excluding hydrogens is 340 g/mol. The van der Waals surface area contributed by atoms with Gasteiger partial charge in [-0.15, -0.1) is 0 Å². The highest BCUT2D eigenvalue weighted by Crippen LogP contribution is 2.45. The summed E-state index contributed by atoms with van der Waals surface area (Å²) in [4.78, 5) is 23.7. The zero-order chi connectivity index (χ0) is 18.0. The van der Waals surface area contributed by atoms with Crippen molar-refractivity contribution in [3.8, 4) is 11.5 Å². The second-order valence-corrected chi connectivity index (χ2v) is 6.20. The van der Waals surface area contributed by atoms with Crippen molar-refractivity contribution in [3.63, 3.8) is 0 Å². The summed E-state index contributed by atoms with van der Waals surface area (Å²) in [5, 5.41) is 1.81. The molecule has 128 valence electrons. The second-order valence-electron chi connectivity index (χ2n) is 5.76. The first-order valence-corrected chi connectivity index (χ1v) is 8.38. The summed E-state index contributed by atoms with van der Waals surface area (Å²) < 4.78 is 11.1. The van der Waals surface area contributed by atoms with Gasteiger partial charge in [0.1, 0.15) is 11.5 Å². The molecule has 0 saturated heterocycles. The Balaban J connectivity index is 2.34. The van der Waals surface area contributed by atoms with Gasteiger partial charge in [0.2, 0.25) is 0 Å². The first-order chi connectivity index (χ1) is 12.0. The molecule has 4 nitrogen and oxygen atoms in total. The van der Waals surface area contributed by atoms with Crippen molar-refractivity contribution >= 4 is 34.3 Å². The van der Waals surface area contributed by atoms with E-state index in [-0.39, 0.29) is 0 Å². The summed E-state index contributed by atoms with van der Waals surface area (Å²) in [6.45, 7) is 6.91. The molecule has 1 aliphatic rings. The van der Waals surface area contributed by atoms with Crippen molar-refractivity contribution in [2.24, 2.45) is 0 Å². The molecule has 0 N–H and O–H groups in total. The minimum Gasteiger partial charge on any atom is -0.422 e. The monoisotopic (exact) mass is 356 g/mol. The zero-order valence-corrected chi connectivity index (χ0v) is 14.4. The third kappa shape index (κ3) is 3.30. The number of fused-ring (bicyclic) bond motifs is 2. The van der Waals surface area contributed by atoms with Crippen LogP contribution in [0.15, 0.2) is 43.5 Å². The summed E-state index contributed by atoms with van der Waals surface area (Å²) in [6, 6.07) is 5.19. The van der Waals surface area contributed by atoms with E-state index in [2.05, 4.69) is 13.2 Å². The van der Waals surface area contributed by atoms with Gasteiger partial charge in [0, 0.05) is 39.1 Å². The molecule has 0 amide bonds. The SMILES string of the molecule is C=CC(=O)Oc1c2c(c(OC(=O)C=C)c3cc(Cl)ccc13)CCCC2. The van der Waals surface area contributed by atoms with Crippen LogP contribution in [0.2, 0.25) is 5.02 Å².